The quantitative estimate of drug-likeness (QED) is 0.863. The van der Waals surface area contributed by atoms with Gasteiger partial charge in [0.2, 0.25) is 0 Å². The molecule has 0 saturated carbocycles. The molecule has 1 aromatic carbocycles. The van der Waals surface area contributed by atoms with Crippen LogP contribution in [-0.2, 0) is 6.54 Å². The normalized spacial score (nSPS) is 21.9. The molecule has 3 rings (SSSR count). The van der Waals surface area contributed by atoms with E-state index >= 15 is 0 Å². The lowest BCUT2D eigenvalue weighted by molar-refractivity contribution is 0.407. The predicted octanol–water partition coefficient (Wildman–Crippen LogP) is 3.31. The third-order valence-corrected chi connectivity index (χ3v) is 4.45. The average molecular weight is 269 g/mol. The van der Waals surface area contributed by atoms with Crippen molar-refractivity contribution in [2.24, 2.45) is 5.73 Å². The summed E-state index contributed by atoms with van der Waals surface area (Å²) in [6.45, 7) is 9.58. The molecule has 1 aliphatic heterocycles. The van der Waals surface area contributed by atoms with E-state index in [0.29, 0.717) is 5.92 Å². The lowest BCUT2D eigenvalue weighted by atomic mass is 9.98. The standard InChI is InChI=1S/C17H23N3/c1-10-5-12(3)15(7-11(10)2)16-9-20-8-14(18)6-13(4)17(20)19-16/h5,7,9,13-14H,6,8,18H2,1-4H3. The smallest absolute Gasteiger partial charge is 0.112 e. The summed E-state index contributed by atoms with van der Waals surface area (Å²) in [6, 6.07) is 4.75. The van der Waals surface area contributed by atoms with Gasteiger partial charge in [-0.25, -0.2) is 4.98 Å². The minimum Gasteiger partial charge on any atom is -0.332 e. The zero-order valence-corrected chi connectivity index (χ0v) is 12.8. The third-order valence-electron chi connectivity index (χ3n) is 4.45. The van der Waals surface area contributed by atoms with Crippen molar-refractivity contribution in [2.45, 2.75) is 52.6 Å². The van der Waals surface area contributed by atoms with Gasteiger partial charge in [-0.3, -0.25) is 0 Å². The Kier molecular flexibility index (Phi) is 3.17. The molecule has 0 amide bonds. The molecule has 2 atom stereocenters. The van der Waals surface area contributed by atoms with E-state index in [-0.39, 0.29) is 6.04 Å². The van der Waals surface area contributed by atoms with Crippen molar-refractivity contribution in [3.05, 3.63) is 40.8 Å². The van der Waals surface area contributed by atoms with E-state index in [0.717, 1.165) is 18.7 Å². The van der Waals surface area contributed by atoms with Gasteiger partial charge in [0.1, 0.15) is 5.82 Å². The number of hydrogen-bond acceptors (Lipinski definition) is 2. The number of aromatic nitrogens is 2. The fourth-order valence-electron chi connectivity index (χ4n) is 3.22. The Morgan fingerprint density at radius 1 is 1.15 bits per heavy atom. The molecule has 3 nitrogen and oxygen atoms in total. The van der Waals surface area contributed by atoms with Gasteiger partial charge in [0.25, 0.3) is 0 Å². The topological polar surface area (TPSA) is 43.8 Å². The zero-order chi connectivity index (χ0) is 14.4. The Morgan fingerprint density at radius 3 is 2.60 bits per heavy atom. The molecular weight excluding hydrogens is 246 g/mol. The van der Waals surface area contributed by atoms with Crippen LogP contribution in [0.25, 0.3) is 11.3 Å². The molecule has 1 aliphatic rings. The van der Waals surface area contributed by atoms with Gasteiger partial charge in [0.15, 0.2) is 0 Å². The van der Waals surface area contributed by atoms with Crippen LogP contribution in [0.5, 0.6) is 0 Å². The van der Waals surface area contributed by atoms with Crippen molar-refractivity contribution in [1.82, 2.24) is 9.55 Å². The first-order chi connectivity index (χ1) is 9.45. The van der Waals surface area contributed by atoms with Crippen molar-refractivity contribution < 1.29 is 0 Å². The Morgan fingerprint density at radius 2 is 1.85 bits per heavy atom. The summed E-state index contributed by atoms with van der Waals surface area (Å²) in [7, 11) is 0. The van der Waals surface area contributed by atoms with Crippen LogP contribution in [0, 0.1) is 20.8 Å². The van der Waals surface area contributed by atoms with E-state index in [4.69, 9.17) is 10.7 Å². The Hall–Kier alpha value is -1.61. The van der Waals surface area contributed by atoms with Crippen LogP contribution in [0.15, 0.2) is 18.3 Å². The Labute approximate surface area is 120 Å². The number of benzene rings is 1. The first kappa shape index (κ1) is 13.4. The number of rotatable bonds is 1. The molecule has 2 heterocycles. The van der Waals surface area contributed by atoms with Gasteiger partial charge < -0.3 is 10.3 Å². The van der Waals surface area contributed by atoms with E-state index in [2.05, 4.69) is 50.6 Å². The van der Waals surface area contributed by atoms with Gasteiger partial charge in [0.05, 0.1) is 5.69 Å². The second-order valence-corrected chi connectivity index (χ2v) is 6.28. The van der Waals surface area contributed by atoms with Crippen LogP contribution < -0.4 is 5.73 Å². The number of imidazole rings is 1. The minimum atomic E-state index is 0.250. The Bertz CT molecular complexity index is 654. The van der Waals surface area contributed by atoms with Crippen molar-refractivity contribution in [1.29, 1.82) is 0 Å². The summed E-state index contributed by atoms with van der Waals surface area (Å²) in [5, 5.41) is 0. The summed E-state index contributed by atoms with van der Waals surface area (Å²) in [5.41, 5.74) is 12.4. The van der Waals surface area contributed by atoms with Gasteiger partial charge >= 0.3 is 0 Å². The van der Waals surface area contributed by atoms with Gasteiger partial charge in [-0.05, 0) is 49.9 Å². The van der Waals surface area contributed by atoms with Crippen LogP contribution in [-0.4, -0.2) is 15.6 Å². The fraction of sp³-hybridized carbons (Fsp3) is 0.471. The van der Waals surface area contributed by atoms with Crippen LogP contribution in [0.3, 0.4) is 0 Å². The number of fused-ring (bicyclic) bond motifs is 1. The number of hydrogen-bond donors (Lipinski definition) is 1. The first-order valence-electron chi connectivity index (χ1n) is 7.36. The molecule has 0 saturated heterocycles. The highest BCUT2D eigenvalue weighted by Crippen LogP contribution is 2.31. The van der Waals surface area contributed by atoms with Crippen molar-refractivity contribution in [3.63, 3.8) is 0 Å². The molecule has 0 aliphatic carbocycles. The van der Waals surface area contributed by atoms with E-state index in [9.17, 15) is 0 Å². The first-order valence-corrected chi connectivity index (χ1v) is 7.36. The minimum absolute atomic E-state index is 0.250. The van der Waals surface area contributed by atoms with E-state index in [1.165, 1.54) is 28.1 Å². The summed E-state index contributed by atoms with van der Waals surface area (Å²) < 4.78 is 2.24. The number of nitrogens with zero attached hydrogens (tertiary/aromatic N) is 2. The molecule has 0 bridgehead atoms. The third kappa shape index (κ3) is 2.16. The summed E-state index contributed by atoms with van der Waals surface area (Å²) >= 11 is 0. The number of nitrogens with two attached hydrogens (primary N) is 1. The molecule has 0 spiro atoms. The Balaban J connectivity index is 2.08. The molecule has 0 fully saturated rings. The van der Waals surface area contributed by atoms with Crippen LogP contribution in [0.1, 0.15) is 41.8 Å². The molecule has 106 valence electrons. The van der Waals surface area contributed by atoms with E-state index in [1.54, 1.807) is 0 Å². The summed E-state index contributed by atoms with van der Waals surface area (Å²) in [6.07, 6.45) is 3.20. The molecular formula is C17H23N3. The molecule has 3 heteroatoms. The zero-order valence-electron chi connectivity index (χ0n) is 12.8. The fourth-order valence-corrected chi connectivity index (χ4v) is 3.22. The van der Waals surface area contributed by atoms with E-state index < -0.39 is 0 Å². The predicted molar refractivity (Wildman–Crippen MR) is 82.9 cm³/mol. The van der Waals surface area contributed by atoms with Crippen LogP contribution >= 0.6 is 0 Å². The maximum Gasteiger partial charge on any atom is 0.112 e. The highest BCUT2D eigenvalue weighted by atomic mass is 15.1. The van der Waals surface area contributed by atoms with E-state index in [1.807, 2.05) is 0 Å². The second kappa shape index (κ2) is 4.74. The van der Waals surface area contributed by atoms with Gasteiger partial charge in [-0.2, -0.15) is 0 Å². The maximum atomic E-state index is 6.11. The lowest BCUT2D eigenvalue weighted by Crippen LogP contribution is -2.33. The lowest BCUT2D eigenvalue weighted by Gasteiger charge is -2.25. The molecule has 2 N–H and O–H groups in total. The molecule has 0 radical (unpaired) electrons. The summed E-state index contributed by atoms with van der Waals surface area (Å²) in [5.74, 6) is 1.62. The SMILES string of the molecule is Cc1cc(C)c(-c2cn3c(n2)C(C)CC(N)C3)cc1C. The summed E-state index contributed by atoms with van der Waals surface area (Å²) in [4.78, 5) is 4.88. The van der Waals surface area contributed by atoms with Crippen LogP contribution in [0.4, 0.5) is 0 Å². The molecule has 2 unspecified atom stereocenters. The maximum absolute atomic E-state index is 6.11. The average Bonchev–Trinajstić information content (AvgIpc) is 2.77. The van der Waals surface area contributed by atoms with Crippen molar-refractivity contribution in [2.75, 3.05) is 0 Å². The van der Waals surface area contributed by atoms with Crippen molar-refractivity contribution in [3.8, 4) is 11.3 Å². The second-order valence-electron chi connectivity index (χ2n) is 6.28. The molecule has 20 heavy (non-hydrogen) atoms. The largest absolute Gasteiger partial charge is 0.332 e. The van der Waals surface area contributed by atoms with Gasteiger partial charge in [0, 0.05) is 30.3 Å². The highest BCUT2D eigenvalue weighted by Gasteiger charge is 2.24. The monoisotopic (exact) mass is 269 g/mol. The van der Waals surface area contributed by atoms with Gasteiger partial charge in [-0.15, -0.1) is 0 Å². The van der Waals surface area contributed by atoms with Gasteiger partial charge in [-0.1, -0.05) is 13.0 Å². The number of aryl methyl sites for hydroxylation is 3. The van der Waals surface area contributed by atoms with Crippen LogP contribution in [0.2, 0.25) is 0 Å². The highest BCUT2D eigenvalue weighted by molar-refractivity contribution is 5.65. The molecule has 2 aromatic rings. The van der Waals surface area contributed by atoms with Crippen molar-refractivity contribution >= 4 is 0 Å². The molecule has 1 aromatic heterocycles.